The van der Waals surface area contributed by atoms with Crippen LogP contribution in [0.2, 0.25) is 0 Å². The summed E-state index contributed by atoms with van der Waals surface area (Å²) in [5.41, 5.74) is 0.311. The van der Waals surface area contributed by atoms with Crippen molar-refractivity contribution in [3.05, 3.63) is 45.3 Å². The second-order valence-corrected chi connectivity index (χ2v) is 7.53. The Bertz CT molecular complexity index is 1020. The molecule has 0 radical (unpaired) electrons. The van der Waals surface area contributed by atoms with E-state index in [1.54, 1.807) is 29.4 Å². The van der Waals surface area contributed by atoms with Gasteiger partial charge in [0.2, 0.25) is 0 Å². The summed E-state index contributed by atoms with van der Waals surface area (Å²) in [6.45, 7) is 0.111. The second kappa shape index (κ2) is 7.04. The van der Waals surface area contributed by atoms with Gasteiger partial charge in [-0.25, -0.2) is 4.98 Å². The van der Waals surface area contributed by atoms with E-state index < -0.39 is 17.8 Å². The Kier molecular flexibility index (Phi) is 4.69. The van der Waals surface area contributed by atoms with Gasteiger partial charge in [-0.2, -0.15) is 23.4 Å². The average molecular weight is 410 g/mol. The molecular weight excluding hydrogens is 393 g/mol. The summed E-state index contributed by atoms with van der Waals surface area (Å²) in [5, 5.41) is 12.6. The molecule has 148 valence electrons. The molecule has 7 nitrogen and oxygen atoms in total. The number of halogens is 3. The summed E-state index contributed by atoms with van der Waals surface area (Å²) in [5.74, 6) is -0.0160. The summed E-state index contributed by atoms with van der Waals surface area (Å²) in [4.78, 5) is 16.5. The zero-order valence-corrected chi connectivity index (χ0v) is 15.8. The van der Waals surface area contributed by atoms with E-state index in [0.717, 1.165) is 12.8 Å². The molecule has 0 aromatic carbocycles. The molecule has 3 aromatic rings. The molecule has 4 rings (SSSR count). The van der Waals surface area contributed by atoms with E-state index in [2.05, 4.69) is 20.5 Å². The van der Waals surface area contributed by atoms with Crippen LogP contribution in [-0.4, -0.2) is 30.5 Å². The maximum Gasteiger partial charge on any atom is 0.435 e. The maximum atomic E-state index is 13.3. The Morgan fingerprint density at radius 2 is 2.07 bits per heavy atom. The van der Waals surface area contributed by atoms with Crippen LogP contribution in [0, 0.1) is 0 Å². The van der Waals surface area contributed by atoms with Crippen molar-refractivity contribution in [1.82, 2.24) is 24.5 Å². The Labute approximate surface area is 162 Å². The fourth-order valence-electron chi connectivity index (χ4n) is 3.31. The number of alkyl halides is 3. The lowest BCUT2D eigenvalue weighted by atomic mass is 9.95. The molecule has 0 saturated carbocycles. The van der Waals surface area contributed by atoms with Crippen LogP contribution >= 0.6 is 11.3 Å². The number of fused-ring (bicyclic) bond motifs is 1. The van der Waals surface area contributed by atoms with E-state index in [-0.39, 0.29) is 12.2 Å². The van der Waals surface area contributed by atoms with Crippen LogP contribution in [0.1, 0.15) is 45.3 Å². The van der Waals surface area contributed by atoms with Crippen LogP contribution in [0.25, 0.3) is 0 Å². The van der Waals surface area contributed by atoms with E-state index in [1.165, 1.54) is 16.0 Å². The summed E-state index contributed by atoms with van der Waals surface area (Å²) in [6.07, 6.45) is -0.247. The normalized spacial score (nSPS) is 14.1. The lowest BCUT2D eigenvalue weighted by Crippen LogP contribution is -2.14. The topological polar surface area (TPSA) is 77.6 Å². The van der Waals surface area contributed by atoms with Gasteiger partial charge in [-0.3, -0.25) is 14.2 Å². The summed E-state index contributed by atoms with van der Waals surface area (Å²) in [7, 11) is 1.73. The molecule has 0 unspecified atom stereocenters. The molecule has 0 fully saturated rings. The van der Waals surface area contributed by atoms with Gasteiger partial charge in [-0.1, -0.05) is 0 Å². The van der Waals surface area contributed by atoms with Crippen LogP contribution in [0.4, 0.5) is 19.0 Å². The van der Waals surface area contributed by atoms with Gasteiger partial charge in [0.1, 0.15) is 10.7 Å². The molecule has 11 heteroatoms. The zero-order chi connectivity index (χ0) is 19.9. The van der Waals surface area contributed by atoms with Crippen LogP contribution < -0.4 is 5.32 Å². The van der Waals surface area contributed by atoms with Gasteiger partial charge < -0.3 is 5.32 Å². The van der Waals surface area contributed by atoms with Crippen molar-refractivity contribution in [3.63, 3.8) is 0 Å². The number of nitrogens with one attached hydrogen (secondary N) is 1. The largest absolute Gasteiger partial charge is 0.435 e. The number of carbonyl (C=O) groups is 1. The van der Waals surface area contributed by atoms with E-state index in [4.69, 9.17) is 0 Å². The lowest BCUT2D eigenvalue weighted by molar-refractivity contribution is -0.142. The van der Waals surface area contributed by atoms with Gasteiger partial charge in [0.25, 0.3) is 5.91 Å². The van der Waals surface area contributed by atoms with Crippen molar-refractivity contribution in [2.45, 2.75) is 38.4 Å². The van der Waals surface area contributed by atoms with Crippen LogP contribution in [0.15, 0.2) is 17.6 Å². The quantitative estimate of drug-likeness (QED) is 0.716. The lowest BCUT2D eigenvalue weighted by Gasteiger charge is -2.14. The van der Waals surface area contributed by atoms with Crippen molar-refractivity contribution >= 4 is 23.1 Å². The third-order valence-electron chi connectivity index (χ3n) is 4.55. The predicted octanol–water partition coefficient (Wildman–Crippen LogP) is 3.27. The van der Waals surface area contributed by atoms with Gasteiger partial charge in [-0.05, 0) is 25.7 Å². The summed E-state index contributed by atoms with van der Waals surface area (Å²) < 4.78 is 42.8. The average Bonchev–Trinajstić information content (AvgIpc) is 3.34. The van der Waals surface area contributed by atoms with Crippen molar-refractivity contribution in [1.29, 1.82) is 0 Å². The first-order chi connectivity index (χ1) is 13.3. The molecule has 0 spiro atoms. The first-order valence-corrected chi connectivity index (χ1v) is 9.60. The van der Waals surface area contributed by atoms with E-state index in [9.17, 15) is 18.0 Å². The number of carbonyl (C=O) groups excluding carboxylic acids is 1. The number of amides is 1. The molecular formula is C17H17F3N6OS. The number of anilines is 1. The van der Waals surface area contributed by atoms with E-state index in [0.29, 0.717) is 34.9 Å². The Morgan fingerprint density at radius 3 is 2.79 bits per heavy atom. The molecule has 0 atom stereocenters. The number of hydrogen-bond acceptors (Lipinski definition) is 5. The molecule has 3 heterocycles. The molecule has 1 amide bonds. The SMILES string of the molecule is Cn1ccc(NC(=O)c2csc(Cn3nc(C(F)(F)F)c4c3CCCC4)n2)n1. The highest BCUT2D eigenvalue weighted by atomic mass is 32.1. The predicted molar refractivity (Wildman–Crippen MR) is 96.2 cm³/mol. The van der Waals surface area contributed by atoms with Crippen LogP contribution in [-0.2, 0) is 32.6 Å². The summed E-state index contributed by atoms with van der Waals surface area (Å²) in [6, 6.07) is 1.65. The molecule has 1 aliphatic carbocycles. The molecule has 0 saturated heterocycles. The number of aryl methyl sites for hydroxylation is 1. The standard InChI is InChI=1S/C17H17F3N6OS/c1-25-7-6-13(23-25)22-16(27)11-9-28-14(21-11)8-26-12-5-3-2-4-10(12)15(24-26)17(18,19)20/h6-7,9H,2-5,8H2,1H3,(H,22,23,27). The molecule has 1 aliphatic rings. The van der Waals surface area contributed by atoms with Crippen molar-refractivity contribution < 1.29 is 18.0 Å². The van der Waals surface area contributed by atoms with Gasteiger partial charge in [-0.15, -0.1) is 11.3 Å². The highest BCUT2D eigenvalue weighted by molar-refractivity contribution is 7.09. The first kappa shape index (κ1) is 18.7. The van der Waals surface area contributed by atoms with Gasteiger partial charge in [0.15, 0.2) is 11.5 Å². The van der Waals surface area contributed by atoms with Crippen molar-refractivity contribution in [3.8, 4) is 0 Å². The van der Waals surface area contributed by atoms with Crippen molar-refractivity contribution in [2.24, 2.45) is 7.05 Å². The number of aromatic nitrogens is 5. The zero-order valence-electron chi connectivity index (χ0n) is 15.0. The third kappa shape index (κ3) is 3.66. The van der Waals surface area contributed by atoms with Gasteiger partial charge >= 0.3 is 6.18 Å². The first-order valence-electron chi connectivity index (χ1n) is 8.72. The minimum Gasteiger partial charge on any atom is -0.304 e. The highest BCUT2D eigenvalue weighted by Gasteiger charge is 2.39. The fraction of sp³-hybridized carbons (Fsp3) is 0.412. The van der Waals surface area contributed by atoms with Gasteiger partial charge in [0.05, 0.1) is 6.54 Å². The van der Waals surface area contributed by atoms with E-state index >= 15 is 0 Å². The molecule has 0 aliphatic heterocycles. The number of thiazole rings is 1. The monoisotopic (exact) mass is 410 g/mol. The smallest absolute Gasteiger partial charge is 0.304 e. The second-order valence-electron chi connectivity index (χ2n) is 6.59. The minimum atomic E-state index is -4.47. The number of hydrogen-bond donors (Lipinski definition) is 1. The maximum absolute atomic E-state index is 13.3. The van der Waals surface area contributed by atoms with E-state index in [1.807, 2.05) is 0 Å². The van der Waals surface area contributed by atoms with Crippen LogP contribution in [0.3, 0.4) is 0 Å². The van der Waals surface area contributed by atoms with Crippen LogP contribution in [0.5, 0.6) is 0 Å². The summed E-state index contributed by atoms with van der Waals surface area (Å²) >= 11 is 1.22. The molecule has 28 heavy (non-hydrogen) atoms. The van der Waals surface area contributed by atoms with Gasteiger partial charge in [0, 0.05) is 35.9 Å². The molecule has 1 N–H and O–H groups in total. The Morgan fingerprint density at radius 1 is 1.29 bits per heavy atom. The third-order valence-corrected chi connectivity index (χ3v) is 5.38. The highest BCUT2D eigenvalue weighted by Crippen LogP contribution is 2.36. The molecule has 3 aromatic heterocycles. The Hall–Kier alpha value is -2.69. The fourth-order valence-corrected chi connectivity index (χ4v) is 4.06. The minimum absolute atomic E-state index is 0.111. The number of nitrogens with zero attached hydrogens (tertiary/aromatic N) is 5. The van der Waals surface area contributed by atoms with Crippen molar-refractivity contribution in [2.75, 3.05) is 5.32 Å². The Balaban J connectivity index is 1.54. The number of rotatable bonds is 4. The molecule has 0 bridgehead atoms.